The Morgan fingerprint density at radius 1 is 1.43 bits per heavy atom. The SMILES string of the molecule is NCC1CCCN1Cc1cncnc1. The first-order valence-corrected chi connectivity index (χ1v) is 5.08. The van der Waals surface area contributed by atoms with E-state index in [1.165, 1.54) is 18.4 Å². The highest BCUT2D eigenvalue weighted by Crippen LogP contribution is 2.18. The minimum Gasteiger partial charge on any atom is -0.329 e. The summed E-state index contributed by atoms with van der Waals surface area (Å²) in [5, 5.41) is 0. The Morgan fingerprint density at radius 2 is 2.21 bits per heavy atom. The Hall–Kier alpha value is -1.00. The van der Waals surface area contributed by atoms with E-state index in [9.17, 15) is 0 Å². The van der Waals surface area contributed by atoms with Crippen LogP contribution >= 0.6 is 0 Å². The lowest BCUT2D eigenvalue weighted by molar-refractivity contribution is 0.249. The number of hydrogen-bond donors (Lipinski definition) is 1. The standard InChI is InChI=1S/C10H16N4/c11-4-10-2-1-3-14(10)7-9-5-12-8-13-6-9/h5-6,8,10H,1-4,7,11H2. The van der Waals surface area contributed by atoms with Crippen molar-refractivity contribution < 1.29 is 0 Å². The fourth-order valence-electron chi connectivity index (χ4n) is 2.02. The molecule has 0 saturated carbocycles. The van der Waals surface area contributed by atoms with Gasteiger partial charge in [0.25, 0.3) is 0 Å². The zero-order chi connectivity index (χ0) is 9.80. The van der Waals surface area contributed by atoms with Gasteiger partial charge in [0, 0.05) is 37.1 Å². The summed E-state index contributed by atoms with van der Waals surface area (Å²) < 4.78 is 0. The van der Waals surface area contributed by atoms with Crippen LogP contribution in [0.4, 0.5) is 0 Å². The van der Waals surface area contributed by atoms with Crippen LogP contribution in [0.3, 0.4) is 0 Å². The minimum absolute atomic E-state index is 0.551. The molecule has 1 aromatic heterocycles. The third-order valence-electron chi connectivity index (χ3n) is 2.77. The van der Waals surface area contributed by atoms with Crippen molar-refractivity contribution in [3.63, 3.8) is 0 Å². The van der Waals surface area contributed by atoms with Gasteiger partial charge in [-0.05, 0) is 19.4 Å². The molecule has 4 nitrogen and oxygen atoms in total. The van der Waals surface area contributed by atoms with E-state index >= 15 is 0 Å². The van der Waals surface area contributed by atoms with E-state index in [1.807, 2.05) is 12.4 Å². The number of aromatic nitrogens is 2. The molecule has 76 valence electrons. The predicted molar refractivity (Wildman–Crippen MR) is 54.5 cm³/mol. The smallest absolute Gasteiger partial charge is 0.115 e. The molecule has 2 N–H and O–H groups in total. The molecule has 1 fully saturated rings. The maximum Gasteiger partial charge on any atom is 0.115 e. The third-order valence-corrected chi connectivity index (χ3v) is 2.77. The van der Waals surface area contributed by atoms with Gasteiger partial charge in [0.2, 0.25) is 0 Å². The van der Waals surface area contributed by atoms with Crippen molar-refractivity contribution in [2.24, 2.45) is 5.73 Å². The molecule has 1 aliphatic heterocycles. The van der Waals surface area contributed by atoms with Gasteiger partial charge in [-0.1, -0.05) is 0 Å². The lowest BCUT2D eigenvalue weighted by Gasteiger charge is -2.22. The fourth-order valence-corrected chi connectivity index (χ4v) is 2.02. The van der Waals surface area contributed by atoms with E-state index in [2.05, 4.69) is 14.9 Å². The average molecular weight is 192 g/mol. The van der Waals surface area contributed by atoms with Crippen LogP contribution in [0.2, 0.25) is 0 Å². The van der Waals surface area contributed by atoms with Crippen molar-refractivity contribution in [1.82, 2.24) is 14.9 Å². The van der Waals surface area contributed by atoms with E-state index in [0.29, 0.717) is 6.04 Å². The topological polar surface area (TPSA) is 55.0 Å². The maximum atomic E-state index is 5.70. The lowest BCUT2D eigenvalue weighted by atomic mass is 10.2. The molecule has 0 spiro atoms. The van der Waals surface area contributed by atoms with Gasteiger partial charge in [-0.25, -0.2) is 9.97 Å². The summed E-state index contributed by atoms with van der Waals surface area (Å²) in [6, 6.07) is 0.551. The number of nitrogens with zero attached hydrogens (tertiary/aromatic N) is 3. The molecular weight excluding hydrogens is 176 g/mol. The molecule has 1 unspecified atom stereocenters. The van der Waals surface area contributed by atoms with Gasteiger partial charge in [0.15, 0.2) is 0 Å². The molecule has 4 heteroatoms. The molecule has 1 aromatic rings. The van der Waals surface area contributed by atoms with Gasteiger partial charge in [-0.2, -0.15) is 0 Å². The van der Waals surface area contributed by atoms with E-state index < -0.39 is 0 Å². The highest BCUT2D eigenvalue weighted by Gasteiger charge is 2.22. The summed E-state index contributed by atoms with van der Waals surface area (Å²) in [5.41, 5.74) is 6.88. The molecule has 1 aliphatic rings. The third kappa shape index (κ3) is 2.08. The Kier molecular flexibility index (Phi) is 3.06. The normalized spacial score (nSPS) is 22.8. The van der Waals surface area contributed by atoms with Crippen LogP contribution in [-0.4, -0.2) is 34.0 Å². The van der Waals surface area contributed by atoms with Gasteiger partial charge in [-0.3, -0.25) is 4.90 Å². The Balaban J connectivity index is 1.97. The Morgan fingerprint density at radius 3 is 2.93 bits per heavy atom. The fraction of sp³-hybridized carbons (Fsp3) is 0.600. The van der Waals surface area contributed by atoms with E-state index in [1.54, 1.807) is 6.33 Å². The number of hydrogen-bond acceptors (Lipinski definition) is 4. The van der Waals surface area contributed by atoms with Gasteiger partial charge in [0.05, 0.1) is 0 Å². The summed E-state index contributed by atoms with van der Waals surface area (Å²) >= 11 is 0. The van der Waals surface area contributed by atoms with Crippen LogP contribution in [0.15, 0.2) is 18.7 Å². The highest BCUT2D eigenvalue weighted by molar-refractivity contribution is 5.03. The van der Waals surface area contributed by atoms with Crippen LogP contribution in [0.1, 0.15) is 18.4 Å². The van der Waals surface area contributed by atoms with Gasteiger partial charge in [0.1, 0.15) is 6.33 Å². The number of rotatable bonds is 3. The second-order valence-electron chi connectivity index (χ2n) is 3.75. The van der Waals surface area contributed by atoms with Gasteiger partial charge >= 0.3 is 0 Å². The van der Waals surface area contributed by atoms with Crippen LogP contribution in [0.25, 0.3) is 0 Å². The van der Waals surface area contributed by atoms with E-state index in [-0.39, 0.29) is 0 Å². The average Bonchev–Trinajstić information content (AvgIpc) is 2.67. The van der Waals surface area contributed by atoms with Crippen LogP contribution in [-0.2, 0) is 6.54 Å². The summed E-state index contributed by atoms with van der Waals surface area (Å²) in [5.74, 6) is 0. The van der Waals surface area contributed by atoms with Crippen LogP contribution in [0, 0.1) is 0 Å². The molecule has 0 aliphatic carbocycles. The largest absolute Gasteiger partial charge is 0.329 e. The molecule has 0 bridgehead atoms. The van der Waals surface area contributed by atoms with Crippen molar-refractivity contribution in [3.05, 3.63) is 24.3 Å². The lowest BCUT2D eigenvalue weighted by Crippen LogP contribution is -2.34. The zero-order valence-corrected chi connectivity index (χ0v) is 8.26. The molecule has 1 saturated heterocycles. The Bertz CT molecular complexity index is 275. The molecule has 0 radical (unpaired) electrons. The summed E-state index contributed by atoms with van der Waals surface area (Å²) in [4.78, 5) is 10.4. The monoisotopic (exact) mass is 192 g/mol. The number of likely N-dealkylation sites (tertiary alicyclic amines) is 1. The molecule has 14 heavy (non-hydrogen) atoms. The molecule has 0 aromatic carbocycles. The number of nitrogens with two attached hydrogens (primary N) is 1. The van der Waals surface area contributed by atoms with E-state index in [4.69, 9.17) is 5.73 Å². The summed E-state index contributed by atoms with van der Waals surface area (Å²) in [7, 11) is 0. The first-order chi connectivity index (χ1) is 6.90. The van der Waals surface area contributed by atoms with Gasteiger partial charge in [-0.15, -0.1) is 0 Å². The summed E-state index contributed by atoms with van der Waals surface area (Å²) in [6.45, 7) is 2.84. The molecule has 0 amide bonds. The second kappa shape index (κ2) is 4.48. The predicted octanol–water partition coefficient (Wildman–Crippen LogP) is 0.400. The first kappa shape index (κ1) is 9.55. The van der Waals surface area contributed by atoms with Gasteiger partial charge < -0.3 is 5.73 Å². The van der Waals surface area contributed by atoms with Crippen molar-refractivity contribution in [1.29, 1.82) is 0 Å². The molecule has 2 heterocycles. The van der Waals surface area contributed by atoms with Crippen LogP contribution in [0.5, 0.6) is 0 Å². The van der Waals surface area contributed by atoms with Crippen molar-refractivity contribution in [2.45, 2.75) is 25.4 Å². The maximum absolute atomic E-state index is 5.70. The van der Waals surface area contributed by atoms with Crippen molar-refractivity contribution in [2.75, 3.05) is 13.1 Å². The van der Waals surface area contributed by atoms with Crippen molar-refractivity contribution >= 4 is 0 Å². The minimum atomic E-state index is 0.551. The van der Waals surface area contributed by atoms with Crippen molar-refractivity contribution in [3.8, 4) is 0 Å². The Labute approximate surface area is 84.2 Å². The second-order valence-corrected chi connectivity index (χ2v) is 3.75. The van der Waals surface area contributed by atoms with E-state index in [0.717, 1.165) is 19.6 Å². The first-order valence-electron chi connectivity index (χ1n) is 5.08. The molecule has 2 rings (SSSR count). The zero-order valence-electron chi connectivity index (χ0n) is 8.26. The highest BCUT2D eigenvalue weighted by atomic mass is 15.2. The molecular formula is C10H16N4. The molecule has 1 atom stereocenters. The quantitative estimate of drug-likeness (QED) is 0.753. The summed E-state index contributed by atoms with van der Waals surface area (Å²) in [6.07, 6.45) is 7.80. The van der Waals surface area contributed by atoms with Crippen LogP contribution < -0.4 is 5.73 Å².